The number of nitrogens with zero attached hydrogens (tertiary/aromatic N) is 1. The van der Waals surface area contributed by atoms with E-state index in [0.29, 0.717) is 10.5 Å². The Morgan fingerprint density at radius 3 is 3.13 bits per heavy atom. The first-order valence-electron chi connectivity index (χ1n) is 4.31. The van der Waals surface area contributed by atoms with Crippen molar-refractivity contribution >= 4 is 27.5 Å². The third kappa shape index (κ3) is 2.12. The average Bonchev–Trinajstić information content (AvgIpc) is 2.59. The van der Waals surface area contributed by atoms with Crippen LogP contribution < -0.4 is 0 Å². The molecule has 0 atom stereocenters. The van der Waals surface area contributed by atoms with Gasteiger partial charge in [0, 0.05) is 0 Å². The van der Waals surface area contributed by atoms with Gasteiger partial charge in [-0.2, -0.15) is 0 Å². The number of esters is 1. The molecule has 1 aromatic carbocycles. The van der Waals surface area contributed by atoms with Crippen molar-refractivity contribution in [3.05, 3.63) is 29.0 Å². The second-order valence-corrected chi connectivity index (χ2v) is 4.09. The molecule has 0 saturated carbocycles. The summed E-state index contributed by atoms with van der Waals surface area (Å²) >= 11 is 1.30. The molecule has 0 N–H and O–H groups in total. The SMILES string of the molecule is COC(=O)Cc1nc2ccc(F)cc2s1. The van der Waals surface area contributed by atoms with E-state index in [9.17, 15) is 9.18 Å². The smallest absolute Gasteiger partial charge is 0.312 e. The average molecular weight is 225 g/mol. The number of aromatic nitrogens is 1. The van der Waals surface area contributed by atoms with E-state index in [1.807, 2.05) is 0 Å². The summed E-state index contributed by atoms with van der Waals surface area (Å²) in [4.78, 5) is 15.2. The number of rotatable bonds is 2. The number of halogens is 1. The first kappa shape index (κ1) is 10.0. The maximum atomic E-state index is 12.9. The number of carbonyl (C=O) groups excluding carboxylic acids is 1. The van der Waals surface area contributed by atoms with Crippen molar-refractivity contribution in [2.75, 3.05) is 7.11 Å². The van der Waals surface area contributed by atoms with Crippen LogP contribution in [0.3, 0.4) is 0 Å². The number of benzene rings is 1. The number of hydrogen-bond acceptors (Lipinski definition) is 4. The molecular weight excluding hydrogens is 217 g/mol. The molecule has 3 nitrogen and oxygen atoms in total. The molecule has 15 heavy (non-hydrogen) atoms. The molecule has 0 aliphatic carbocycles. The number of fused-ring (bicyclic) bond motifs is 1. The van der Waals surface area contributed by atoms with Gasteiger partial charge in [-0.15, -0.1) is 11.3 Å². The van der Waals surface area contributed by atoms with Gasteiger partial charge < -0.3 is 4.74 Å². The summed E-state index contributed by atoms with van der Waals surface area (Å²) in [5.41, 5.74) is 0.709. The molecule has 0 unspecified atom stereocenters. The number of methoxy groups -OCH3 is 1. The lowest BCUT2D eigenvalue weighted by molar-refractivity contribution is -0.139. The van der Waals surface area contributed by atoms with Crippen LogP contribution in [0, 0.1) is 5.82 Å². The molecule has 0 aliphatic heterocycles. The Balaban J connectivity index is 2.34. The van der Waals surface area contributed by atoms with Crippen molar-refractivity contribution in [1.82, 2.24) is 4.98 Å². The van der Waals surface area contributed by atoms with Crippen LogP contribution in [0.5, 0.6) is 0 Å². The fraction of sp³-hybridized carbons (Fsp3) is 0.200. The predicted octanol–water partition coefficient (Wildman–Crippen LogP) is 2.15. The van der Waals surface area contributed by atoms with E-state index in [0.717, 1.165) is 4.70 Å². The standard InChI is InChI=1S/C10H8FNO2S/c1-14-10(13)5-9-12-7-3-2-6(11)4-8(7)15-9/h2-4H,5H2,1H3. The topological polar surface area (TPSA) is 39.2 Å². The Morgan fingerprint density at radius 2 is 2.40 bits per heavy atom. The molecule has 1 heterocycles. The highest BCUT2D eigenvalue weighted by molar-refractivity contribution is 7.18. The van der Waals surface area contributed by atoms with Crippen LogP contribution in [0.25, 0.3) is 10.2 Å². The van der Waals surface area contributed by atoms with Crippen LogP contribution in [-0.4, -0.2) is 18.1 Å². The first-order chi connectivity index (χ1) is 7.19. The number of carbonyl (C=O) groups is 1. The molecule has 0 radical (unpaired) electrons. The van der Waals surface area contributed by atoms with Crippen molar-refractivity contribution in [3.63, 3.8) is 0 Å². The Bertz CT molecular complexity index is 509. The summed E-state index contributed by atoms with van der Waals surface area (Å²) in [6.45, 7) is 0. The van der Waals surface area contributed by atoms with Gasteiger partial charge in [-0.3, -0.25) is 4.79 Å². The highest BCUT2D eigenvalue weighted by Gasteiger charge is 2.09. The second kappa shape index (κ2) is 3.94. The minimum Gasteiger partial charge on any atom is -0.469 e. The van der Waals surface area contributed by atoms with Crippen molar-refractivity contribution in [2.45, 2.75) is 6.42 Å². The summed E-state index contributed by atoms with van der Waals surface area (Å²) in [6, 6.07) is 4.36. The summed E-state index contributed by atoms with van der Waals surface area (Å²) in [5.74, 6) is -0.634. The molecule has 0 spiro atoms. The highest BCUT2D eigenvalue weighted by Crippen LogP contribution is 2.23. The normalized spacial score (nSPS) is 10.5. The Hall–Kier alpha value is -1.49. The van der Waals surface area contributed by atoms with Crippen molar-refractivity contribution in [1.29, 1.82) is 0 Å². The van der Waals surface area contributed by atoms with Gasteiger partial charge in [0.25, 0.3) is 0 Å². The molecule has 0 saturated heterocycles. The number of thiazole rings is 1. The van der Waals surface area contributed by atoms with Crippen LogP contribution >= 0.6 is 11.3 Å². The van der Waals surface area contributed by atoms with Crippen LogP contribution in [-0.2, 0) is 16.0 Å². The van der Waals surface area contributed by atoms with Gasteiger partial charge in [0.2, 0.25) is 0 Å². The zero-order valence-corrected chi connectivity index (χ0v) is 8.81. The Morgan fingerprint density at radius 1 is 1.60 bits per heavy atom. The molecule has 5 heteroatoms. The van der Waals surface area contributed by atoms with Crippen LogP contribution in [0.1, 0.15) is 5.01 Å². The van der Waals surface area contributed by atoms with E-state index in [1.54, 1.807) is 6.07 Å². The predicted molar refractivity (Wildman–Crippen MR) is 55.3 cm³/mol. The maximum absolute atomic E-state index is 12.9. The molecule has 0 fully saturated rings. The van der Waals surface area contributed by atoms with Gasteiger partial charge in [0.05, 0.1) is 23.7 Å². The molecule has 2 aromatic rings. The maximum Gasteiger partial charge on any atom is 0.312 e. The Kier molecular flexibility index (Phi) is 2.64. The van der Waals surface area contributed by atoms with E-state index in [4.69, 9.17) is 0 Å². The van der Waals surface area contributed by atoms with Crippen molar-refractivity contribution < 1.29 is 13.9 Å². The molecular formula is C10H8FNO2S. The lowest BCUT2D eigenvalue weighted by Crippen LogP contribution is -2.03. The van der Waals surface area contributed by atoms with Gasteiger partial charge >= 0.3 is 5.97 Å². The van der Waals surface area contributed by atoms with Crippen molar-refractivity contribution in [3.8, 4) is 0 Å². The van der Waals surface area contributed by atoms with Crippen LogP contribution in [0.15, 0.2) is 18.2 Å². The summed E-state index contributed by atoms with van der Waals surface area (Å²) in [7, 11) is 1.33. The Labute approximate surface area is 89.5 Å². The first-order valence-corrected chi connectivity index (χ1v) is 5.12. The van der Waals surface area contributed by atoms with E-state index >= 15 is 0 Å². The van der Waals surface area contributed by atoms with Gasteiger partial charge in [0.1, 0.15) is 10.8 Å². The van der Waals surface area contributed by atoms with E-state index in [-0.39, 0.29) is 18.2 Å². The zero-order chi connectivity index (χ0) is 10.8. The van der Waals surface area contributed by atoms with Gasteiger partial charge in [-0.25, -0.2) is 9.37 Å². The second-order valence-electron chi connectivity index (χ2n) is 2.97. The minimum atomic E-state index is -0.338. The molecule has 0 aliphatic rings. The monoisotopic (exact) mass is 225 g/mol. The largest absolute Gasteiger partial charge is 0.469 e. The quantitative estimate of drug-likeness (QED) is 0.735. The molecule has 2 rings (SSSR count). The summed E-state index contributed by atoms with van der Waals surface area (Å²) in [6.07, 6.45) is 0.136. The van der Waals surface area contributed by atoms with Crippen LogP contribution in [0.2, 0.25) is 0 Å². The van der Waals surface area contributed by atoms with E-state index in [2.05, 4.69) is 9.72 Å². The third-order valence-electron chi connectivity index (χ3n) is 1.92. The minimum absolute atomic E-state index is 0.136. The number of hydrogen-bond donors (Lipinski definition) is 0. The number of ether oxygens (including phenoxy) is 1. The molecule has 1 aromatic heterocycles. The van der Waals surface area contributed by atoms with Gasteiger partial charge in [0.15, 0.2) is 0 Å². The summed E-state index contributed by atoms with van der Waals surface area (Å²) < 4.78 is 18.1. The lowest BCUT2D eigenvalue weighted by Gasteiger charge is -1.92. The fourth-order valence-corrected chi connectivity index (χ4v) is 2.20. The molecule has 0 bridgehead atoms. The van der Waals surface area contributed by atoms with E-state index < -0.39 is 0 Å². The highest BCUT2D eigenvalue weighted by atomic mass is 32.1. The summed E-state index contributed by atoms with van der Waals surface area (Å²) in [5, 5.41) is 0.641. The zero-order valence-electron chi connectivity index (χ0n) is 7.99. The lowest BCUT2D eigenvalue weighted by atomic mass is 10.3. The van der Waals surface area contributed by atoms with E-state index in [1.165, 1.54) is 30.6 Å². The van der Waals surface area contributed by atoms with Gasteiger partial charge in [-0.05, 0) is 18.2 Å². The molecule has 78 valence electrons. The van der Waals surface area contributed by atoms with Gasteiger partial charge in [-0.1, -0.05) is 0 Å². The van der Waals surface area contributed by atoms with Crippen molar-refractivity contribution in [2.24, 2.45) is 0 Å². The third-order valence-corrected chi connectivity index (χ3v) is 2.94. The molecule has 0 amide bonds. The fourth-order valence-electron chi connectivity index (χ4n) is 1.22. The van der Waals surface area contributed by atoms with Crippen LogP contribution in [0.4, 0.5) is 4.39 Å².